The molecule has 0 saturated heterocycles. The second-order valence-corrected chi connectivity index (χ2v) is 6.06. The van der Waals surface area contributed by atoms with Crippen LogP contribution in [-0.4, -0.2) is 7.05 Å². The van der Waals surface area contributed by atoms with E-state index in [-0.39, 0.29) is 57.3 Å². The molecule has 28 heavy (non-hydrogen) atoms. The van der Waals surface area contributed by atoms with Gasteiger partial charge in [-0.15, -0.1) is 0 Å². The summed E-state index contributed by atoms with van der Waals surface area (Å²) in [5, 5.41) is 0. The van der Waals surface area contributed by atoms with Crippen molar-refractivity contribution in [2.75, 3.05) is 16.8 Å². The van der Waals surface area contributed by atoms with Gasteiger partial charge in [0.2, 0.25) is 0 Å². The topological polar surface area (TPSA) is 6.48 Å². The maximum atomic E-state index is 2.23. The van der Waals surface area contributed by atoms with Crippen LogP contribution in [0.4, 0.5) is 17.1 Å². The molecule has 4 rings (SSSR count). The predicted molar refractivity (Wildman–Crippen MR) is 104 cm³/mol. The van der Waals surface area contributed by atoms with Crippen molar-refractivity contribution in [2.24, 2.45) is 0 Å². The molecule has 0 N–H and O–H groups in total. The molecule has 6 heteroatoms. The Bertz CT molecular complexity index is 694. The Kier molecular flexibility index (Phi) is 16.6. The molecule has 0 atom stereocenters. The number of rotatable bonds is 1. The van der Waals surface area contributed by atoms with E-state index in [0.29, 0.717) is 0 Å². The number of allylic oxidation sites excluding steroid dienone is 4. The van der Waals surface area contributed by atoms with Crippen LogP contribution < -0.4 is 47.0 Å². The van der Waals surface area contributed by atoms with Crippen LogP contribution in [0.1, 0.15) is 25.7 Å². The van der Waals surface area contributed by atoms with Gasteiger partial charge in [0, 0.05) is 17.1 Å². The molecule has 154 valence electrons. The first-order valence-electron chi connectivity index (χ1n) is 8.69. The molecule has 0 aromatic heterocycles. The van der Waals surface area contributed by atoms with Gasteiger partial charge in [-0.1, -0.05) is 54.6 Å². The molecular formula is C22H25Cl3IrN2-. The predicted octanol–water partition coefficient (Wildman–Crippen LogP) is -2.92. The third kappa shape index (κ3) is 8.19. The van der Waals surface area contributed by atoms with Gasteiger partial charge in [0.25, 0.3) is 0 Å². The molecule has 0 fully saturated rings. The molecule has 2 aliphatic rings. The summed E-state index contributed by atoms with van der Waals surface area (Å²) < 4.78 is 0. The van der Waals surface area contributed by atoms with Crippen LogP contribution in [0.25, 0.3) is 0 Å². The van der Waals surface area contributed by atoms with Gasteiger partial charge in [0.1, 0.15) is 0 Å². The number of hydrogen-bond acceptors (Lipinski definition) is 2. The first kappa shape index (κ1) is 29.2. The standard InChI is InChI=1S/C14H13N2.C8H12.3ClH.Ir/c1-15-11-16(12-7-3-2-4-8-12)14-10-6-5-9-13(14)15;1-2-4-6-8-7-5-3-1;;;;/h2-11H,1H3;1-4H,5-8H2;3*1H;/q-1;;;;;+3/p-3. The van der Waals surface area contributed by atoms with Crippen molar-refractivity contribution in [1.29, 1.82) is 0 Å². The average Bonchev–Trinajstić information content (AvgIpc) is 2.93. The largest absolute Gasteiger partial charge is 3.00 e. The molecule has 0 unspecified atom stereocenters. The van der Waals surface area contributed by atoms with Crippen LogP contribution >= 0.6 is 0 Å². The third-order valence-corrected chi connectivity index (χ3v) is 4.22. The van der Waals surface area contributed by atoms with E-state index in [2.05, 4.69) is 96.4 Å². The molecule has 2 nitrogen and oxygen atoms in total. The minimum Gasteiger partial charge on any atom is -1.00 e. The van der Waals surface area contributed by atoms with Crippen LogP contribution in [0.15, 0.2) is 78.9 Å². The normalized spacial score (nSPS) is 13.8. The Balaban J connectivity index is 0. The summed E-state index contributed by atoms with van der Waals surface area (Å²) in [5.74, 6) is 0. The fourth-order valence-electron chi connectivity index (χ4n) is 2.93. The van der Waals surface area contributed by atoms with E-state index in [0.717, 1.165) is 0 Å². The Hall–Kier alpha value is -0.961. The van der Waals surface area contributed by atoms with Crippen molar-refractivity contribution >= 4 is 17.1 Å². The van der Waals surface area contributed by atoms with Gasteiger partial charge in [-0.3, -0.25) is 0 Å². The summed E-state index contributed by atoms with van der Waals surface area (Å²) in [6.45, 7) is 2.11. The van der Waals surface area contributed by atoms with Gasteiger partial charge in [0.15, 0.2) is 0 Å². The summed E-state index contributed by atoms with van der Waals surface area (Å²) in [6.07, 6.45) is 14.0. The fraction of sp³-hybridized carbons (Fsp3) is 0.227. The number of para-hydroxylation sites is 3. The number of hydrogen-bond donors (Lipinski definition) is 0. The molecule has 2 aromatic carbocycles. The van der Waals surface area contributed by atoms with E-state index in [1.165, 1.54) is 42.7 Å². The number of anilines is 3. The zero-order valence-electron chi connectivity index (χ0n) is 15.8. The van der Waals surface area contributed by atoms with Crippen molar-refractivity contribution in [3.05, 3.63) is 85.6 Å². The smallest absolute Gasteiger partial charge is 1.00 e. The molecule has 0 bridgehead atoms. The minimum atomic E-state index is 0. The van der Waals surface area contributed by atoms with Crippen LogP contribution in [-0.2, 0) is 20.1 Å². The Morgan fingerprint density at radius 1 is 0.714 bits per heavy atom. The van der Waals surface area contributed by atoms with Crippen LogP contribution in [0.3, 0.4) is 0 Å². The van der Waals surface area contributed by atoms with Crippen molar-refractivity contribution in [3.8, 4) is 0 Å². The van der Waals surface area contributed by atoms with E-state index in [9.17, 15) is 0 Å². The summed E-state index contributed by atoms with van der Waals surface area (Å²) >= 11 is 0. The number of nitrogens with zero attached hydrogens (tertiary/aromatic N) is 2. The van der Waals surface area contributed by atoms with E-state index >= 15 is 0 Å². The van der Waals surface area contributed by atoms with Crippen molar-refractivity contribution in [1.82, 2.24) is 0 Å². The molecule has 1 heterocycles. The molecule has 0 amide bonds. The molecule has 1 aliphatic heterocycles. The Labute approximate surface area is 201 Å². The van der Waals surface area contributed by atoms with Crippen LogP contribution in [0, 0.1) is 6.67 Å². The minimum absolute atomic E-state index is 0. The van der Waals surface area contributed by atoms with E-state index < -0.39 is 0 Å². The van der Waals surface area contributed by atoms with Gasteiger partial charge >= 0.3 is 20.1 Å². The van der Waals surface area contributed by atoms with E-state index in [4.69, 9.17) is 0 Å². The van der Waals surface area contributed by atoms with E-state index in [1.807, 2.05) is 6.07 Å². The molecule has 1 aliphatic carbocycles. The van der Waals surface area contributed by atoms with Crippen molar-refractivity contribution < 1.29 is 57.3 Å². The molecule has 0 spiro atoms. The first-order chi connectivity index (χ1) is 11.9. The maximum absolute atomic E-state index is 2.23. The summed E-state index contributed by atoms with van der Waals surface area (Å²) in [7, 11) is 2.07. The fourth-order valence-corrected chi connectivity index (χ4v) is 2.93. The first-order valence-corrected chi connectivity index (χ1v) is 8.69. The second kappa shape index (κ2) is 15.9. The molecular weight excluding hydrogens is 591 g/mol. The zero-order chi connectivity index (χ0) is 16.6. The molecule has 0 saturated carbocycles. The Morgan fingerprint density at radius 2 is 1.21 bits per heavy atom. The van der Waals surface area contributed by atoms with Crippen molar-refractivity contribution in [3.63, 3.8) is 0 Å². The number of benzene rings is 2. The molecule has 0 radical (unpaired) electrons. The van der Waals surface area contributed by atoms with Gasteiger partial charge in [-0.2, -0.15) is 6.67 Å². The van der Waals surface area contributed by atoms with Gasteiger partial charge in [0.05, 0.1) is 0 Å². The summed E-state index contributed by atoms with van der Waals surface area (Å²) in [4.78, 5) is 4.34. The average molecular weight is 616 g/mol. The second-order valence-electron chi connectivity index (χ2n) is 6.06. The van der Waals surface area contributed by atoms with Crippen LogP contribution in [0.5, 0.6) is 0 Å². The van der Waals surface area contributed by atoms with Crippen molar-refractivity contribution in [2.45, 2.75) is 25.7 Å². The SMILES string of the molecule is C1=CCCCCC=C1.CN1[CH-]N(c2ccccc2)c2ccccc21.[Cl-].[Cl-].[Cl-].[Ir+3]. The summed E-state index contributed by atoms with van der Waals surface area (Å²) in [5.41, 5.74) is 3.67. The van der Waals surface area contributed by atoms with Gasteiger partial charge in [-0.05, 0) is 57.0 Å². The monoisotopic (exact) mass is 615 g/mol. The van der Waals surface area contributed by atoms with E-state index in [1.54, 1.807) is 0 Å². The third-order valence-electron chi connectivity index (χ3n) is 4.22. The van der Waals surface area contributed by atoms with Gasteiger partial charge in [-0.25, -0.2) is 0 Å². The quantitative estimate of drug-likeness (QED) is 0.318. The zero-order valence-corrected chi connectivity index (χ0v) is 20.4. The summed E-state index contributed by atoms with van der Waals surface area (Å²) in [6, 6.07) is 18.8. The maximum Gasteiger partial charge on any atom is 3.00 e. The van der Waals surface area contributed by atoms with Gasteiger partial charge < -0.3 is 47.0 Å². The molecule has 2 aromatic rings. The number of halogens is 3. The number of fused-ring (bicyclic) bond motifs is 1. The Morgan fingerprint density at radius 3 is 1.79 bits per heavy atom. The van der Waals surface area contributed by atoms with Crippen LogP contribution in [0.2, 0.25) is 0 Å².